The van der Waals surface area contributed by atoms with E-state index in [1.54, 1.807) is 0 Å². The molecule has 0 atom stereocenters. The van der Waals surface area contributed by atoms with Gasteiger partial charge < -0.3 is 15.8 Å². The van der Waals surface area contributed by atoms with Gasteiger partial charge in [-0.05, 0) is 18.9 Å². The lowest BCUT2D eigenvalue weighted by atomic mass is 10.2. The third-order valence-corrected chi connectivity index (χ3v) is 2.69. The van der Waals surface area contributed by atoms with Crippen molar-refractivity contribution in [3.8, 4) is 0 Å². The molecule has 0 saturated heterocycles. The molecule has 7 nitrogen and oxygen atoms in total. The molecule has 0 unspecified atom stereocenters. The number of aliphatic imine (C=N–C) groups is 1. The number of aromatic nitrogens is 2. The maximum Gasteiger partial charge on any atom is 0.408 e. The van der Waals surface area contributed by atoms with Crippen LogP contribution in [0.5, 0.6) is 0 Å². The summed E-state index contributed by atoms with van der Waals surface area (Å²) in [7, 11) is 1.45. The quantitative estimate of drug-likeness (QED) is 0.402. The number of nitrogens with one attached hydrogen (secondary N) is 2. The van der Waals surface area contributed by atoms with E-state index in [1.807, 2.05) is 0 Å². The van der Waals surface area contributed by atoms with Gasteiger partial charge in [0.15, 0.2) is 11.9 Å². The van der Waals surface area contributed by atoms with Gasteiger partial charge in [0, 0.05) is 19.0 Å². The Hall–Kier alpha value is -2.39. The lowest BCUT2D eigenvalue weighted by Gasteiger charge is -2.07. The maximum absolute atomic E-state index is 12.0. The summed E-state index contributed by atoms with van der Waals surface area (Å²) in [5.41, 5.74) is 5.37. The summed E-state index contributed by atoms with van der Waals surface area (Å²) in [5, 5.41) is 9.84. The van der Waals surface area contributed by atoms with Crippen LogP contribution in [0, 0.1) is 5.41 Å². The number of halogens is 3. The van der Waals surface area contributed by atoms with Crippen LogP contribution in [0.1, 0.15) is 25.1 Å². The SMILES string of the molecule is COC(=N)CCCCc1nccc(NC(N)=NCC(F)(F)F)n1. The van der Waals surface area contributed by atoms with Gasteiger partial charge in [-0.25, -0.2) is 15.0 Å². The van der Waals surface area contributed by atoms with Crippen LogP contribution < -0.4 is 11.1 Å². The average Bonchev–Trinajstić information content (AvgIpc) is 2.49. The molecule has 1 aromatic rings. The molecule has 10 heteroatoms. The van der Waals surface area contributed by atoms with Crippen molar-refractivity contribution in [3.63, 3.8) is 0 Å². The Bertz CT molecular complexity index is 547. The number of unbranched alkanes of at least 4 members (excludes halogenated alkanes) is 1. The summed E-state index contributed by atoms with van der Waals surface area (Å²) in [5.74, 6) is 0.668. The Labute approximate surface area is 131 Å². The first-order chi connectivity index (χ1) is 10.8. The van der Waals surface area contributed by atoms with Gasteiger partial charge in [-0.15, -0.1) is 0 Å². The number of guanidine groups is 1. The van der Waals surface area contributed by atoms with Gasteiger partial charge >= 0.3 is 6.18 Å². The summed E-state index contributed by atoms with van der Waals surface area (Å²) in [6, 6.07) is 1.49. The highest BCUT2D eigenvalue weighted by Crippen LogP contribution is 2.14. The van der Waals surface area contributed by atoms with E-state index in [9.17, 15) is 13.2 Å². The second kappa shape index (κ2) is 8.91. The monoisotopic (exact) mass is 332 g/mol. The van der Waals surface area contributed by atoms with Gasteiger partial charge in [-0.3, -0.25) is 5.41 Å². The van der Waals surface area contributed by atoms with Crippen LogP contribution in [0.2, 0.25) is 0 Å². The number of rotatable bonds is 7. The molecule has 128 valence electrons. The number of nitrogens with zero attached hydrogens (tertiary/aromatic N) is 3. The van der Waals surface area contributed by atoms with Gasteiger partial charge in [0.2, 0.25) is 0 Å². The molecule has 0 aliphatic rings. The summed E-state index contributed by atoms with van der Waals surface area (Å²) < 4.78 is 40.8. The van der Waals surface area contributed by atoms with E-state index >= 15 is 0 Å². The van der Waals surface area contributed by atoms with Gasteiger partial charge in [0.1, 0.15) is 18.2 Å². The van der Waals surface area contributed by atoms with Crippen LogP contribution in [0.4, 0.5) is 19.0 Å². The Morgan fingerprint density at radius 1 is 1.43 bits per heavy atom. The smallest absolute Gasteiger partial charge is 0.408 e. The molecule has 0 aliphatic heterocycles. The largest absolute Gasteiger partial charge is 0.484 e. The van der Waals surface area contributed by atoms with E-state index < -0.39 is 12.7 Å². The zero-order valence-corrected chi connectivity index (χ0v) is 12.7. The van der Waals surface area contributed by atoms with E-state index in [0.29, 0.717) is 18.7 Å². The molecule has 1 heterocycles. The Morgan fingerprint density at radius 3 is 2.83 bits per heavy atom. The second-order valence-corrected chi connectivity index (χ2v) is 4.63. The van der Waals surface area contributed by atoms with Crippen LogP contribution in [0.15, 0.2) is 17.3 Å². The van der Waals surface area contributed by atoms with Crippen molar-refractivity contribution in [1.29, 1.82) is 5.41 Å². The fraction of sp³-hybridized carbons (Fsp3) is 0.538. The number of hydrogen-bond acceptors (Lipinski definition) is 5. The Kier molecular flexibility index (Phi) is 7.23. The number of ether oxygens (including phenoxy) is 1. The number of alkyl halides is 3. The highest BCUT2D eigenvalue weighted by Gasteiger charge is 2.26. The summed E-state index contributed by atoms with van der Waals surface area (Å²) >= 11 is 0. The van der Waals surface area contributed by atoms with Crippen molar-refractivity contribution >= 4 is 17.7 Å². The molecule has 0 fully saturated rings. The van der Waals surface area contributed by atoms with E-state index in [2.05, 4.69) is 20.3 Å². The van der Waals surface area contributed by atoms with Crippen molar-refractivity contribution in [2.45, 2.75) is 31.9 Å². The number of methoxy groups -OCH3 is 1. The predicted molar refractivity (Wildman–Crippen MR) is 80.5 cm³/mol. The van der Waals surface area contributed by atoms with Crippen molar-refractivity contribution in [2.24, 2.45) is 10.7 Å². The van der Waals surface area contributed by atoms with Crippen LogP contribution >= 0.6 is 0 Å². The molecule has 4 N–H and O–H groups in total. The fourth-order valence-electron chi connectivity index (χ4n) is 1.61. The summed E-state index contributed by atoms with van der Waals surface area (Å²) in [6.07, 6.45) is -0.300. The molecule has 0 aromatic carbocycles. The standard InChI is InChI=1S/C13H19F3N6O/c1-23-9(17)4-2-3-5-10-19-7-6-11(21-10)22-12(18)20-8-13(14,15)16/h6-7,17H,2-5,8H2,1H3,(H3,18,19,20,21,22). The molecule has 0 spiro atoms. The first-order valence-electron chi connectivity index (χ1n) is 6.87. The fourth-order valence-corrected chi connectivity index (χ4v) is 1.61. The second-order valence-electron chi connectivity index (χ2n) is 4.63. The topological polar surface area (TPSA) is 109 Å². The molecule has 1 rings (SSSR count). The van der Waals surface area contributed by atoms with Crippen LogP contribution in [0.3, 0.4) is 0 Å². The normalized spacial score (nSPS) is 12.1. The zero-order chi connectivity index (χ0) is 17.3. The van der Waals surface area contributed by atoms with Gasteiger partial charge in [-0.1, -0.05) is 0 Å². The average molecular weight is 332 g/mol. The van der Waals surface area contributed by atoms with Crippen LogP contribution in [0.25, 0.3) is 0 Å². The lowest BCUT2D eigenvalue weighted by molar-refractivity contribution is -0.118. The molecule has 0 bridgehead atoms. The van der Waals surface area contributed by atoms with Crippen molar-refractivity contribution in [1.82, 2.24) is 9.97 Å². The molecule has 0 saturated carbocycles. The zero-order valence-electron chi connectivity index (χ0n) is 12.7. The first-order valence-corrected chi connectivity index (χ1v) is 6.87. The van der Waals surface area contributed by atoms with Gasteiger partial charge in [-0.2, -0.15) is 13.2 Å². The molecular formula is C13H19F3N6O. The number of hydrogen-bond donors (Lipinski definition) is 3. The van der Waals surface area contributed by atoms with Gasteiger partial charge in [0.05, 0.1) is 7.11 Å². The minimum Gasteiger partial charge on any atom is -0.484 e. The predicted octanol–water partition coefficient (Wildman–Crippen LogP) is 2.10. The van der Waals surface area contributed by atoms with Gasteiger partial charge in [0.25, 0.3) is 0 Å². The van der Waals surface area contributed by atoms with Crippen molar-refractivity contribution < 1.29 is 17.9 Å². The molecular weight excluding hydrogens is 313 g/mol. The number of aryl methyl sites for hydroxylation is 1. The molecule has 1 aromatic heterocycles. The summed E-state index contributed by atoms with van der Waals surface area (Å²) in [6.45, 7) is -1.35. The highest BCUT2D eigenvalue weighted by molar-refractivity contribution is 5.91. The maximum atomic E-state index is 12.0. The molecule has 0 amide bonds. The Balaban J connectivity index is 2.48. The molecule has 0 radical (unpaired) electrons. The lowest BCUT2D eigenvalue weighted by Crippen LogP contribution is -2.26. The van der Waals surface area contributed by atoms with Crippen molar-refractivity contribution in [2.75, 3.05) is 19.0 Å². The molecule has 23 heavy (non-hydrogen) atoms. The Morgan fingerprint density at radius 2 is 2.17 bits per heavy atom. The third kappa shape index (κ3) is 8.59. The van der Waals surface area contributed by atoms with Crippen LogP contribution in [-0.2, 0) is 11.2 Å². The van der Waals surface area contributed by atoms with E-state index in [0.717, 1.165) is 12.8 Å². The first kappa shape index (κ1) is 18.7. The minimum absolute atomic E-state index is 0.218. The minimum atomic E-state index is -4.40. The van der Waals surface area contributed by atoms with Crippen molar-refractivity contribution in [3.05, 3.63) is 18.1 Å². The van der Waals surface area contributed by atoms with E-state index in [4.69, 9.17) is 15.9 Å². The number of anilines is 1. The molecule has 0 aliphatic carbocycles. The third-order valence-electron chi connectivity index (χ3n) is 2.69. The van der Waals surface area contributed by atoms with E-state index in [-0.39, 0.29) is 17.7 Å². The van der Waals surface area contributed by atoms with Crippen LogP contribution in [-0.4, -0.2) is 41.7 Å². The van der Waals surface area contributed by atoms with E-state index in [1.165, 1.54) is 19.4 Å². The number of nitrogens with two attached hydrogens (primary N) is 1. The summed E-state index contributed by atoms with van der Waals surface area (Å²) in [4.78, 5) is 11.4. The highest BCUT2D eigenvalue weighted by atomic mass is 19.4.